The minimum absolute atomic E-state index is 0.0318. The average Bonchev–Trinajstić information content (AvgIpc) is 2.90. The smallest absolute Gasteiger partial charge is 0.281 e. The van der Waals surface area contributed by atoms with Crippen LogP contribution in [0.5, 0.6) is 0 Å². The Balaban J connectivity index is 1.99. The van der Waals surface area contributed by atoms with E-state index in [2.05, 4.69) is 26.9 Å². The number of hydrogen-bond donors (Lipinski definition) is 3. The highest BCUT2D eigenvalue weighted by atomic mass is 35.5. The minimum Gasteiger partial charge on any atom is -0.384 e. The Morgan fingerprint density at radius 1 is 1.20 bits per heavy atom. The molecular formula is C19H25ClN6O3S. The number of anilines is 2. The van der Waals surface area contributed by atoms with E-state index >= 15 is 0 Å². The van der Waals surface area contributed by atoms with E-state index in [0.717, 1.165) is 6.42 Å². The molecule has 0 spiro atoms. The molecule has 0 saturated carbocycles. The lowest BCUT2D eigenvalue weighted by Crippen LogP contribution is -2.43. The molecule has 1 aliphatic heterocycles. The second-order valence-corrected chi connectivity index (χ2v) is 10.2. The molecule has 162 valence electrons. The highest BCUT2D eigenvalue weighted by Crippen LogP contribution is 2.39. The van der Waals surface area contributed by atoms with Gasteiger partial charge >= 0.3 is 0 Å². The summed E-state index contributed by atoms with van der Waals surface area (Å²) < 4.78 is 27.3. The number of nitrogens with zero attached hydrogens (tertiary/aromatic N) is 3. The van der Waals surface area contributed by atoms with E-state index in [-0.39, 0.29) is 32.6 Å². The Bertz CT molecular complexity index is 1090. The topological polar surface area (TPSA) is 130 Å². The largest absolute Gasteiger partial charge is 0.384 e. The number of hydrogen-bond acceptors (Lipinski definition) is 8. The van der Waals surface area contributed by atoms with E-state index < -0.39 is 15.9 Å². The molecule has 0 bridgehead atoms. The molecule has 2 aromatic heterocycles. The Labute approximate surface area is 181 Å². The van der Waals surface area contributed by atoms with Crippen molar-refractivity contribution in [2.24, 2.45) is 0 Å². The molecule has 0 aliphatic carbocycles. The molecule has 9 nitrogen and oxygen atoms in total. The zero-order chi connectivity index (χ0) is 22.3. The average molecular weight is 453 g/mol. The Kier molecular flexibility index (Phi) is 5.70. The van der Waals surface area contributed by atoms with Crippen LogP contribution in [0.4, 0.5) is 11.6 Å². The summed E-state index contributed by atoms with van der Waals surface area (Å²) in [5.41, 5.74) is 5.10. The fraction of sp³-hybridized carbons (Fsp3) is 0.421. The summed E-state index contributed by atoms with van der Waals surface area (Å²) >= 11 is 6.12. The Morgan fingerprint density at radius 2 is 1.90 bits per heavy atom. The molecule has 2 aromatic rings. The van der Waals surface area contributed by atoms with Gasteiger partial charge in [-0.15, -0.1) is 0 Å². The van der Waals surface area contributed by atoms with Crippen LogP contribution in [0.1, 0.15) is 37.6 Å². The summed E-state index contributed by atoms with van der Waals surface area (Å²) in [5.74, 6) is -0.476. The molecule has 0 aromatic carbocycles. The third-order valence-electron chi connectivity index (χ3n) is 5.25. The van der Waals surface area contributed by atoms with E-state index in [1.807, 2.05) is 25.8 Å². The standard InChI is InChI=1S/C19H25ClN6O3S/c1-18(2)10-19(3,22-4)11-26(18)16-12(8-9-13(20)23-16)17(27)25-30(28,29)15-7-5-6-14(21)24-15/h5-9,22H,10-11H2,1-4H3,(H2,21,24)(H,25,27)/t19-/m1/s1. The molecule has 30 heavy (non-hydrogen) atoms. The summed E-state index contributed by atoms with van der Waals surface area (Å²) in [6, 6.07) is 7.08. The first-order chi connectivity index (χ1) is 13.9. The third-order valence-corrected chi connectivity index (χ3v) is 6.70. The molecule has 1 atom stereocenters. The molecule has 0 radical (unpaired) electrons. The van der Waals surface area contributed by atoms with Crippen molar-refractivity contribution in [3.05, 3.63) is 41.0 Å². The lowest BCUT2D eigenvalue weighted by molar-refractivity contribution is 0.0981. The number of aromatic nitrogens is 2. The third kappa shape index (κ3) is 4.35. The van der Waals surface area contributed by atoms with Crippen LogP contribution in [0, 0.1) is 0 Å². The van der Waals surface area contributed by atoms with Gasteiger partial charge in [0.05, 0.1) is 5.56 Å². The van der Waals surface area contributed by atoms with E-state index in [1.54, 1.807) is 0 Å². The lowest BCUT2D eigenvalue weighted by atomic mass is 9.92. The number of rotatable bonds is 5. The number of nitrogens with one attached hydrogen (secondary N) is 2. The maximum absolute atomic E-state index is 13.0. The monoisotopic (exact) mass is 452 g/mol. The highest BCUT2D eigenvalue weighted by molar-refractivity contribution is 7.90. The molecule has 1 aliphatic rings. The normalized spacial score (nSPS) is 20.9. The maximum Gasteiger partial charge on any atom is 0.281 e. The number of carbonyl (C=O) groups is 1. The first-order valence-corrected chi connectivity index (χ1v) is 11.2. The van der Waals surface area contributed by atoms with Gasteiger partial charge in [0.2, 0.25) is 0 Å². The number of halogens is 1. The van der Waals surface area contributed by atoms with Crippen LogP contribution in [0.25, 0.3) is 0 Å². The Hall–Kier alpha value is -2.43. The van der Waals surface area contributed by atoms with Crippen molar-refractivity contribution < 1.29 is 13.2 Å². The predicted molar refractivity (Wildman–Crippen MR) is 116 cm³/mol. The van der Waals surface area contributed by atoms with Crippen molar-refractivity contribution >= 4 is 39.2 Å². The van der Waals surface area contributed by atoms with Crippen molar-refractivity contribution in [1.82, 2.24) is 20.0 Å². The van der Waals surface area contributed by atoms with Gasteiger partial charge in [-0.1, -0.05) is 17.7 Å². The zero-order valence-electron chi connectivity index (χ0n) is 17.2. The number of likely N-dealkylation sites (N-methyl/N-ethyl adjacent to an activating group) is 1. The van der Waals surface area contributed by atoms with Crippen LogP contribution < -0.4 is 20.7 Å². The molecule has 3 rings (SSSR count). The van der Waals surface area contributed by atoms with E-state index in [9.17, 15) is 13.2 Å². The van der Waals surface area contributed by atoms with Gasteiger partial charge in [0, 0.05) is 17.6 Å². The molecule has 1 fully saturated rings. The number of pyridine rings is 2. The van der Waals surface area contributed by atoms with Crippen molar-refractivity contribution in [1.29, 1.82) is 0 Å². The van der Waals surface area contributed by atoms with Crippen LogP contribution in [-0.4, -0.2) is 49.0 Å². The van der Waals surface area contributed by atoms with Gasteiger partial charge in [-0.25, -0.2) is 14.7 Å². The number of amides is 1. The molecule has 0 unspecified atom stereocenters. The number of nitrogens with two attached hydrogens (primary N) is 1. The highest BCUT2D eigenvalue weighted by Gasteiger charge is 2.46. The SMILES string of the molecule is CN[C@@]1(C)CN(c2nc(Cl)ccc2C(=O)NS(=O)(=O)c2cccc(N)n2)C(C)(C)C1. The van der Waals surface area contributed by atoms with Crippen molar-refractivity contribution in [2.45, 2.75) is 43.3 Å². The first-order valence-electron chi connectivity index (χ1n) is 9.30. The maximum atomic E-state index is 13.0. The number of carbonyl (C=O) groups excluding carboxylic acids is 1. The first kappa shape index (κ1) is 22.3. The second kappa shape index (κ2) is 7.68. The van der Waals surface area contributed by atoms with Gasteiger partial charge in [0.1, 0.15) is 16.8 Å². The molecule has 4 N–H and O–H groups in total. The van der Waals surface area contributed by atoms with Gasteiger partial charge < -0.3 is 16.0 Å². The zero-order valence-corrected chi connectivity index (χ0v) is 18.8. The Morgan fingerprint density at radius 3 is 2.50 bits per heavy atom. The summed E-state index contributed by atoms with van der Waals surface area (Å²) in [6.07, 6.45) is 0.789. The van der Waals surface area contributed by atoms with Crippen LogP contribution in [0.2, 0.25) is 5.15 Å². The van der Waals surface area contributed by atoms with Crippen LogP contribution >= 0.6 is 11.6 Å². The van der Waals surface area contributed by atoms with E-state index in [1.165, 1.54) is 30.3 Å². The van der Waals surface area contributed by atoms with Gasteiger partial charge in [-0.05, 0) is 58.5 Å². The van der Waals surface area contributed by atoms with Crippen LogP contribution in [-0.2, 0) is 10.0 Å². The van der Waals surface area contributed by atoms with E-state index in [0.29, 0.717) is 12.4 Å². The van der Waals surface area contributed by atoms with E-state index in [4.69, 9.17) is 17.3 Å². The summed E-state index contributed by atoms with van der Waals surface area (Å²) in [5, 5.41) is 3.17. The van der Waals surface area contributed by atoms with Crippen molar-refractivity contribution in [3.8, 4) is 0 Å². The van der Waals surface area contributed by atoms with Gasteiger partial charge in [0.15, 0.2) is 5.03 Å². The minimum atomic E-state index is -4.22. The van der Waals surface area contributed by atoms with Crippen molar-refractivity contribution in [2.75, 3.05) is 24.2 Å². The predicted octanol–water partition coefficient (Wildman–Crippen LogP) is 1.80. The second-order valence-electron chi connectivity index (χ2n) is 8.23. The summed E-state index contributed by atoms with van der Waals surface area (Å²) in [7, 11) is -2.34. The number of nitrogen functional groups attached to an aromatic ring is 1. The molecule has 1 amide bonds. The number of sulfonamides is 1. The molecule has 1 saturated heterocycles. The van der Waals surface area contributed by atoms with Crippen LogP contribution in [0.15, 0.2) is 35.4 Å². The lowest BCUT2D eigenvalue weighted by Gasteiger charge is -2.33. The van der Waals surface area contributed by atoms with Crippen molar-refractivity contribution in [3.63, 3.8) is 0 Å². The van der Waals surface area contributed by atoms with Gasteiger partial charge in [0.25, 0.3) is 15.9 Å². The summed E-state index contributed by atoms with van der Waals surface area (Å²) in [4.78, 5) is 23.1. The van der Waals surface area contributed by atoms with Gasteiger partial charge in [-0.2, -0.15) is 8.42 Å². The fourth-order valence-electron chi connectivity index (χ4n) is 3.82. The molecule has 3 heterocycles. The van der Waals surface area contributed by atoms with Gasteiger partial charge in [-0.3, -0.25) is 4.79 Å². The fourth-order valence-corrected chi connectivity index (χ4v) is 4.90. The molecular weight excluding hydrogens is 428 g/mol. The summed E-state index contributed by atoms with van der Waals surface area (Å²) in [6.45, 7) is 6.71. The quantitative estimate of drug-likeness (QED) is 0.585. The molecule has 11 heteroatoms. The van der Waals surface area contributed by atoms with Crippen LogP contribution in [0.3, 0.4) is 0 Å².